The maximum Gasteiger partial charge on any atom is 0.163 e. The molecule has 1 saturated carbocycles. The fraction of sp³-hybridized carbons (Fsp3) is 0.435. The summed E-state index contributed by atoms with van der Waals surface area (Å²) in [5.41, 5.74) is 1.97. The summed E-state index contributed by atoms with van der Waals surface area (Å²) in [4.78, 5) is 13.9. The molecule has 0 radical (unpaired) electrons. The summed E-state index contributed by atoms with van der Waals surface area (Å²) in [5, 5.41) is 4.82. The molecule has 3 aromatic rings. The third kappa shape index (κ3) is 3.47. The Kier molecular flexibility index (Phi) is 4.69. The van der Waals surface area contributed by atoms with E-state index in [2.05, 4.69) is 22.4 Å². The van der Waals surface area contributed by atoms with Crippen molar-refractivity contribution in [3.63, 3.8) is 0 Å². The molecule has 5 nitrogen and oxygen atoms in total. The SMILES string of the molecule is c1cncc(-c2nc(NC3CCOC4(CCCCC4)C3)c3ccccc3n2)c1. The van der Waals surface area contributed by atoms with E-state index in [1.165, 1.54) is 32.1 Å². The van der Waals surface area contributed by atoms with Crippen molar-refractivity contribution in [3.8, 4) is 11.4 Å². The number of nitrogens with zero attached hydrogens (tertiary/aromatic N) is 3. The van der Waals surface area contributed by atoms with Crippen LogP contribution in [-0.2, 0) is 4.74 Å². The Morgan fingerprint density at radius 2 is 1.89 bits per heavy atom. The second kappa shape index (κ2) is 7.47. The summed E-state index contributed by atoms with van der Waals surface area (Å²) in [5.74, 6) is 1.64. The lowest BCUT2D eigenvalue weighted by molar-refractivity contribution is -0.103. The third-order valence-electron chi connectivity index (χ3n) is 6.12. The molecule has 1 N–H and O–H groups in total. The van der Waals surface area contributed by atoms with Gasteiger partial charge in [-0.05, 0) is 49.9 Å². The highest BCUT2D eigenvalue weighted by molar-refractivity contribution is 5.90. The first-order valence-corrected chi connectivity index (χ1v) is 10.4. The molecule has 2 aliphatic rings. The number of fused-ring (bicyclic) bond motifs is 1. The van der Waals surface area contributed by atoms with Gasteiger partial charge in [0.1, 0.15) is 5.82 Å². The zero-order valence-corrected chi connectivity index (χ0v) is 16.1. The van der Waals surface area contributed by atoms with Crippen LogP contribution in [0.1, 0.15) is 44.9 Å². The third-order valence-corrected chi connectivity index (χ3v) is 6.12. The van der Waals surface area contributed by atoms with Gasteiger partial charge in [-0.15, -0.1) is 0 Å². The van der Waals surface area contributed by atoms with E-state index in [0.717, 1.165) is 41.7 Å². The summed E-state index contributed by atoms with van der Waals surface area (Å²) in [6.07, 6.45) is 12.0. The van der Waals surface area contributed by atoms with Gasteiger partial charge in [-0.1, -0.05) is 31.4 Å². The van der Waals surface area contributed by atoms with Gasteiger partial charge in [0.25, 0.3) is 0 Å². The highest BCUT2D eigenvalue weighted by atomic mass is 16.5. The molecule has 5 rings (SSSR count). The molecular formula is C23H26N4O. The molecule has 1 aliphatic carbocycles. The number of benzene rings is 1. The Labute approximate surface area is 165 Å². The lowest BCUT2D eigenvalue weighted by atomic mass is 9.78. The van der Waals surface area contributed by atoms with Crippen molar-refractivity contribution >= 4 is 16.7 Å². The van der Waals surface area contributed by atoms with Crippen LogP contribution in [0.3, 0.4) is 0 Å². The molecule has 1 aliphatic heterocycles. The van der Waals surface area contributed by atoms with Gasteiger partial charge in [-0.25, -0.2) is 9.97 Å². The fourth-order valence-electron chi connectivity index (χ4n) is 4.70. The number of ether oxygens (including phenoxy) is 1. The van der Waals surface area contributed by atoms with E-state index >= 15 is 0 Å². The van der Waals surface area contributed by atoms with Gasteiger partial charge in [0, 0.05) is 36.0 Å². The van der Waals surface area contributed by atoms with Crippen LogP contribution in [0, 0.1) is 0 Å². The lowest BCUT2D eigenvalue weighted by Crippen LogP contribution is -2.45. The molecule has 2 aromatic heterocycles. The summed E-state index contributed by atoms with van der Waals surface area (Å²) in [6.45, 7) is 0.830. The smallest absolute Gasteiger partial charge is 0.163 e. The Morgan fingerprint density at radius 3 is 2.75 bits per heavy atom. The molecule has 1 atom stereocenters. The normalized spacial score (nSPS) is 21.6. The maximum atomic E-state index is 6.27. The zero-order valence-electron chi connectivity index (χ0n) is 16.1. The molecule has 0 bridgehead atoms. The molecule has 1 spiro atoms. The van der Waals surface area contributed by atoms with E-state index in [4.69, 9.17) is 14.7 Å². The molecular weight excluding hydrogens is 348 g/mol. The maximum absolute atomic E-state index is 6.27. The van der Waals surface area contributed by atoms with Crippen LogP contribution in [0.25, 0.3) is 22.3 Å². The minimum absolute atomic E-state index is 0.0726. The monoisotopic (exact) mass is 374 g/mol. The van der Waals surface area contributed by atoms with Crippen molar-refractivity contribution in [2.45, 2.75) is 56.6 Å². The molecule has 5 heteroatoms. The van der Waals surface area contributed by atoms with Gasteiger partial charge in [-0.2, -0.15) is 0 Å². The van der Waals surface area contributed by atoms with Crippen LogP contribution in [0.15, 0.2) is 48.8 Å². The Hall–Kier alpha value is -2.53. The molecule has 1 saturated heterocycles. The van der Waals surface area contributed by atoms with Crippen LogP contribution >= 0.6 is 0 Å². The van der Waals surface area contributed by atoms with Gasteiger partial charge in [0.15, 0.2) is 5.82 Å². The number of aromatic nitrogens is 3. The number of rotatable bonds is 3. The molecule has 1 unspecified atom stereocenters. The van der Waals surface area contributed by atoms with Crippen LogP contribution in [0.5, 0.6) is 0 Å². The highest BCUT2D eigenvalue weighted by Gasteiger charge is 2.38. The van der Waals surface area contributed by atoms with Crippen LogP contribution in [0.4, 0.5) is 5.82 Å². The number of hydrogen-bond donors (Lipinski definition) is 1. The van der Waals surface area contributed by atoms with Crippen molar-refractivity contribution in [1.82, 2.24) is 15.0 Å². The zero-order chi connectivity index (χ0) is 18.8. The first-order chi connectivity index (χ1) is 13.8. The summed E-state index contributed by atoms with van der Waals surface area (Å²) >= 11 is 0. The van der Waals surface area contributed by atoms with Crippen LogP contribution in [-0.4, -0.2) is 33.2 Å². The quantitative estimate of drug-likeness (QED) is 0.700. The number of nitrogens with one attached hydrogen (secondary N) is 1. The largest absolute Gasteiger partial charge is 0.375 e. The van der Waals surface area contributed by atoms with Gasteiger partial charge in [0.05, 0.1) is 11.1 Å². The highest BCUT2D eigenvalue weighted by Crippen LogP contribution is 2.39. The van der Waals surface area contributed by atoms with Gasteiger partial charge in [0.2, 0.25) is 0 Å². The van der Waals surface area contributed by atoms with Crippen LogP contribution in [0.2, 0.25) is 0 Å². The molecule has 2 fully saturated rings. The Bertz CT molecular complexity index is 948. The number of pyridine rings is 1. The summed E-state index contributed by atoms with van der Waals surface area (Å²) in [6, 6.07) is 12.5. The summed E-state index contributed by atoms with van der Waals surface area (Å²) in [7, 11) is 0. The topological polar surface area (TPSA) is 59.9 Å². The van der Waals surface area contributed by atoms with Gasteiger partial charge < -0.3 is 10.1 Å². The van der Waals surface area contributed by atoms with Crippen molar-refractivity contribution in [3.05, 3.63) is 48.8 Å². The van der Waals surface area contributed by atoms with Crippen molar-refractivity contribution in [2.75, 3.05) is 11.9 Å². The number of para-hydroxylation sites is 1. The Balaban J connectivity index is 1.48. The van der Waals surface area contributed by atoms with E-state index in [0.29, 0.717) is 11.9 Å². The molecule has 144 valence electrons. The predicted octanol–water partition coefficient (Wildman–Crippen LogP) is 4.99. The van der Waals surface area contributed by atoms with Crippen LogP contribution < -0.4 is 5.32 Å². The van der Waals surface area contributed by atoms with Gasteiger partial charge in [-0.3, -0.25) is 4.98 Å². The first kappa shape index (κ1) is 17.6. The average Bonchev–Trinajstić information content (AvgIpc) is 2.75. The standard InChI is InChI=1S/C23H26N4O/c1-4-11-23(12-5-1)15-18(10-14-28-23)25-22-19-8-2-3-9-20(19)26-21(27-22)17-7-6-13-24-16-17/h2-3,6-9,13,16,18H,1,4-5,10-12,14-15H2,(H,25,26,27). The Morgan fingerprint density at radius 1 is 1.00 bits per heavy atom. The minimum atomic E-state index is 0.0726. The average molecular weight is 374 g/mol. The van der Waals surface area contributed by atoms with E-state index in [-0.39, 0.29) is 5.60 Å². The number of anilines is 1. The molecule has 0 amide bonds. The van der Waals surface area contributed by atoms with Crippen molar-refractivity contribution < 1.29 is 4.74 Å². The first-order valence-electron chi connectivity index (χ1n) is 10.4. The van der Waals surface area contributed by atoms with E-state index < -0.39 is 0 Å². The van der Waals surface area contributed by atoms with E-state index in [9.17, 15) is 0 Å². The van der Waals surface area contributed by atoms with Crippen molar-refractivity contribution in [2.24, 2.45) is 0 Å². The lowest BCUT2D eigenvalue weighted by Gasteiger charge is -2.43. The summed E-state index contributed by atoms with van der Waals surface area (Å²) < 4.78 is 6.27. The predicted molar refractivity (Wildman–Crippen MR) is 111 cm³/mol. The molecule has 3 heterocycles. The minimum Gasteiger partial charge on any atom is -0.375 e. The second-order valence-corrected chi connectivity index (χ2v) is 8.08. The molecule has 28 heavy (non-hydrogen) atoms. The molecule has 1 aromatic carbocycles. The number of hydrogen-bond acceptors (Lipinski definition) is 5. The fourth-order valence-corrected chi connectivity index (χ4v) is 4.70. The van der Waals surface area contributed by atoms with Crippen molar-refractivity contribution in [1.29, 1.82) is 0 Å². The second-order valence-electron chi connectivity index (χ2n) is 8.08. The van der Waals surface area contributed by atoms with E-state index in [1.54, 1.807) is 6.20 Å². The van der Waals surface area contributed by atoms with E-state index in [1.807, 2.05) is 30.5 Å². The van der Waals surface area contributed by atoms with Gasteiger partial charge >= 0.3 is 0 Å².